The molecule has 12 rings (SSSR count). The van der Waals surface area contributed by atoms with Crippen LogP contribution in [0.5, 0.6) is 0 Å². The van der Waals surface area contributed by atoms with E-state index < -0.39 is 0 Å². The van der Waals surface area contributed by atoms with E-state index in [1.165, 1.54) is 183 Å². The minimum Gasteiger partial charge on any atom is -0.306 e. The third kappa shape index (κ3) is 8.57. The van der Waals surface area contributed by atoms with E-state index in [0.717, 1.165) is 25.7 Å². The van der Waals surface area contributed by atoms with E-state index in [0.29, 0.717) is 0 Å². The Morgan fingerprint density at radius 2 is 0.606 bits per heavy atom. The Hall–Kier alpha value is -5.82. The highest BCUT2D eigenvalue weighted by atomic mass is 32.1. The van der Waals surface area contributed by atoms with Crippen LogP contribution >= 0.6 is 45.3 Å². The highest BCUT2D eigenvalue weighted by Crippen LogP contribution is 2.56. The van der Waals surface area contributed by atoms with Crippen molar-refractivity contribution >= 4 is 107 Å². The molecule has 0 spiro atoms. The molecule has 0 fully saturated rings. The van der Waals surface area contributed by atoms with Gasteiger partial charge in [-0.15, -0.1) is 45.3 Å². The summed E-state index contributed by atoms with van der Waals surface area (Å²) in [4.78, 5) is 5.31. The number of nitrogens with zero attached hydrogens (tertiary/aromatic N) is 1. The van der Waals surface area contributed by atoms with Crippen LogP contribution in [-0.2, 0) is 25.7 Å². The van der Waals surface area contributed by atoms with Gasteiger partial charge in [-0.2, -0.15) is 0 Å². The van der Waals surface area contributed by atoms with Gasteiger partial charge in [-0.3, -0.25) is 0 Å². The van der Waals surface area contributed by atoms with Crippen molar-refractivity contribution in [3.63, 3.8) is 0 Å². The van der Waals surface area contributed by atoms with E-state index in [2.05, 4.69) is 184 Å². The minimum absolute atomic E-state index is 1.13. The first kappa shape index (κ1) is 46.3. The maximum atomic E-state index is 2.68. The number of rotatable bonds is 17. The van der Waals surface area contributed by atoms with Crippen molar-refractivity contribution in [1.29, 1.82) is 0 Å². The number of thiophene rings is 4. The van der Waals surface area contributed by atoms with Crippen molar-refractivity contribution in [2.75, 3.05) is 0 Å². The zero-order chi connectivity index (χ0) is 48.0. The van der Waals surface area contributed by atoms with Crippen LogP contribution in [0.3, 0.4) is 0 Å². The van der Waals surface area contributed by atoms with Gasteiger partial charge in [0, 0.05) is 66.9 Å². The molecule has 354 valence electrons. The van der Waals surface area contributed by atoms with Gasteiger partial charge in [0.1, 0.15) is 0 Å². The molecule has 12 aromatic rings. The fraction of sp³-hybridized carbons (Fsp3) is 0.242. The summed E-state index contributed by atoms with van der Waals surface area (Å²) in [6.45, 7) is 9.13. The number of aromatic nitrogens is 1. The van der Waals surface area contributed by atoms with Crippen LogP contribution in [0.2, 0.25) is 0 Å². The minimum atomic E-state index is 1.13. The molecule has 0 atom stereocenters. The molecule has 0 saturated carbocycles. The molecule has 0 aliphatic rings. The summed E-state index contributed by atoms with van der Waals surface area (Å²) in [6, 6.07) is 59.3. The van der Waals surface area contributed by atoms with Crippen LogP contribution in [0, 0.1) is 0 Å². The van der Waals surface area contributed by atoms with E-state index >= 15 is 0 Å². The predicted molar refractivity (Wildman–Crippen MR) is 319 cm³/mol. The first-order chi connectivity index (χ1) is 35.0. The molecule has 5 aromatic heterocycles. The third-order valence-corrected chi connectivity index (χ3v) is 19.6. The standard InChI is InChI=1S/C66H61NS4/c1-5-9-16-42-22-30-46(31-23-42)55-38-51-53-40-57(48-34-26-44(27-35-48)18-11-7-3)70-65(53)61-59(63(51)68-55)60-62(67(61)50-20-14-13-15-21-50)66-54(41-58(71-66)49-36-28-45(29-37-49)19-12-8-4)52-39-56(69-64(52)60)47-32-24-43(25-33-47)17-10-6-2/h13-15,20-41H,5-12,16-19H2,1-4H3. The third-order valence-electron chi connectivity index (χ3n) is 14.8. The van der Waals surface area contributed by atoms with Crippen LogP contribution in [0.25, 0.3) is 110 Å². The van der Waals surface area contributed by atoms with Gasteiger partial charge in [0.25, 0.3) is 0 Å². The maximum absolute atomic E-state index is 2.68. The quantitative estimate of drug-likeness (QED) is 0.0857. The maximum Gasteiger partial charge on any atom is 0.0735 e. The molecule has 7 aromatic carbocycles. The summed E-state index contributed by atoms with van der Waals surface area (Å²) in [6.07, 6.45) is 14.2. The lowest BCUT2D eigenvalue weighted by Gasteiger charge is -2.09. The Morgan fingerprint density at radius 1 is 0.324 bits per heavy atom. The van der Waals surface area contributed by atoms with E-state index in [1.54, 1.807) is 0 Å². The van der Waals surface area contributed by atoms with Crippen molar-refractivity contribution in [2.24, 2.45) is 0 Å². The molecule has 0 N–H and O–H groups in total. The van der Waals surface area contributed by atoms with Gasteiger partial charge in [0.15, 0.2) is 0 Å². The Morgan fingerprint density at radius 3 is 0.901 bits per heavy atom. The van der Waals surface area contributed by atoms with Gasteiger partial charge < -0.3 is 4.57 Å². The first-order valence-corrected chi connectivity index (χ1v) is 29.6. The molecular formula is C66H61NS4. The monoisotopic (exact) mass is 995 g/mol. The fourth-order valence-electron chi connectivity index (χ4n) is 10.8. The number of hydrogen-bond acceptors (Lipinski definition) is 4. The van der Waals surface area contributed by atoms with Crippen molar-refractivity contribution in [3.8, 4) is 47.4 Å². The lowest BCUT2D eigenvalue weighted by atomic mass is 10.0. The topological polar surface area (TPSA) is 4.93 Å². The second kappa shape index (κ2) is 20.0. The molecule has 0 unspecified atom stereocenters. The molecule has 0 bridgehead atoms. The fourth-order valence-corrected chi connectivity index (χ4v) is 15.7. The molecule has 71 heavy (non-hydrogen) atoms. The lowest BCUT2D eigenvalue weighted by Crippen LogP contribution is -1.93. The first-order valence-electron chi connectivity index (χ1n) is 26.3. The molecule has 5 heterocycles. The lowest BCUT2D eigenvalue weighted by molar-refractivity contribution is 0.795. The summed E-state index contributed by atoms with van der Waals surface area (Å²) in [7, 11) is 0. The average Bonchev–Trinajstić information content (AvgIpc) is 4.28. The zero-order valence-corrected chi connectivity index (χ0v) is 44.8. The Kier molecular flexibility index (Phi) is 13.0. The summed E-state index contributed by atoms with van der Waals surface area (Å²) < 4.78 is 8.16. The normalized spacial score (nSPS) is 12.1. The van der Waals surface area contributed by atoms with Crippen LogP contribution in [0.4, 0.5) is 0 Å². The SMILES string of the molecule is CCCCc1ccc(-c2cc3c4cc(-c5ccc(CCCC)cc5)sc4c4c(c3s2)c2c3sc(-c5ccc(CCCC)cc5)cc3c3cc(-c5ccc(CCCC)cc5)sc3c2n4-c2ccccc2)cc1. The Balaban J connectivity index is 1.20. The van der Waals surface area contributed by atoms with E-state index in [4.69, 9.17) is 0 Å². The molecule has 0 amide bonds. The molecule has 0 radical (unpaired) electrons. The summed E-state index contributed by atoms with van der Waals surface area (Å²) in [5.74, 6) is 0. The molecule has 1 nitrogen and oxygen atoms in total. The highest BCUT2D eigenvalue weighted by Gasteiger charge is 2.28. The number of hydrogen-bond donors (Lipinski definition) is 0. The summed E-state index contributed by atoms with van der Waals surface area (Å²) >= 11 is 7.93. The second-order valence-electron chi connectivity index (χ2n) is 19.7. The number of unbranched alkanes of at least 4 members (excludes halogenated alkanes) is 4. The molecule has 0 saturated heterocycles. The number of benzene rings is 7. The molecule has 0 aliphatic heterocycles. The van der Waals surface area contributed by atoms with Crippen molar-refractivity contribution in [3.05, 3.63) is 174 Å². The van der Waals surface area contributed by atoms with Crippen LogP contribution in [0.1, 0.15) is 101 Å². The Labute approximate surface area is 435 Å². The van der Waals surface area contributed by atoms with Gasteiger partial charge in [-0.25, -0.2) is 0 Å². The predicted octanol–water partition coefficient (Wildman–Crippen LogP) is 21.7. The number of aryl methyl sites for hydroxylation is 4. The van der Waals surface area contributed by atoms with Crippen LogP contribution in [0.15, 0.2) is 152 Å². The van der Waals surface area contributed by atoms with Crippen LogP contribution in [-0.4, -0.2) is 4.57 Å². The average molecular weight is 996 g/mol. The summed E-state index contributed by atoms with van der Waals surface area (Å²) in [5.41, 5.74) is 14.7. The molecular weight excluding hydrogens is 935 g/mol. The summed E-state index contributed by atoms with van der Waals surface area (Å²) in [5, 5.41) is 8.19. The van der Waals surface area contributed by atoms with Gasteiger partial charge in [-0.1, -0.05) is 169 Å². The number of para-hydroxylation sites is 1. The van der Waals surface area contributed by atoms with E-state index in [1.807, 2.05) is 45.3 Å². The van der Waals surface area contributed by atoms with E-state index in [-0.39, 0.29) is 0 Å². The van der Waals surface area contributed by atoms with Crippen molar-refractivity contribution in [1.82, 2.24) is 4.57 Å². The van der Waals surface area contributed by atoms with Gasteiger partial charge in [0.2, 0.25) is 0 Å². The largest absolute Gasteiger partial charge is 0.306 e. The van der Waals surface area contributed by atoms with Gasteiger partial charge >= 0.3 is 0 Å². The van der Waals surface area contributed by atoms with Crippen molar-refractivity contribution in [2.45, 2.75) is 105 Å². The zero-order valence-electron chi connectivity index (χ0n) is 41.5. The molecule has 0 aliphatic carbocycles. The van der Waals surface area contributed by atoms with E-state index in [9.17, 15) is 0 Å². The highest BCUT2D eigenvalue weighted by molar-refractivity contribution is 7.27. The molecule has 5 heteroatoms. The van der Waals surface area contributed by atoms with Gasteiger partial charge in [0.05, 0.1) is 20.4 Å². The van der Waals surface area contributed by atoms with Gasteiger partial charge in [-0.05, 0) is 132 Å². The van der Waals surface area contributed by atoms with Crippen LogP contribution < -0.4 is 0 Å². The second-order valence-corrected chi connectivity index (χ2v) is 23.9. The Bertz CT molecular complexity index is 3580. The number of fused-ring (bicyclic) bond motifs is 13. The van der Waals surface area contributed by atoms with Crippen molar-refractivity contribution < 1.29 is 0 Å². The smallest absolute Gasteiger partial charge is 0.0735 e.